The summed E-state index contributed by atoms with van der Waals surface area (Å²) in [5.74, 6) is -0.0521. The van der Waals surface area contributed by atoms with Gasteiger partial charge in [0, 0.05) is 29.9 Å². The highest BCUT2D eigenvalue weighted by Gasteiger charge is 2.28. The molecule has 0 atom stereocenters. The Labute approximate surface area is 165 Å². The summed E-state index contributed by atoms with van der Waals surface area (Å²) in [7, 11) is 0. The van der Waals surface area contributed by atoms with Gasteiger partial charge >= 0.3 is 0 Å². The molecule has 4 nitrogen and oxygen atoms in total. The molecule has 2 aromatic rings. The third kappa shape index (κ3) is 4.45. The first kappa shape index (κ1) is 20.4. The molecule has 1 N–H and O–H groups in total. The minimum atomic E-state index is -0.476. The molecule has 3 rings (SSSR count). The number of amides is 1. The maximum Gasteiger partial charge on any atom is 0.230 e. The summed E-state index contributed by atoms with van der Waals surface area (Å²) in [6, 6.07) is 12.7. The van der Waals surface area contributed by atoms with Gasteiger partial charge in [0.15, 0.2) is 0 Å². The fraction of sp³-hybridized carbons (Fsp3) is 0.400. The van der Waals surface area contributed by atoms with Crippen LogP contribution >= 0.6 is 11.3 Å². The van der Waals surface area contributed by atoms with Crippen molar-refractivity contribution < 1.29 is 17.2 Å². The van der Waals surface area contributed by atoms with E-state index in [1.807, 2.05) is 26.8 Å². The van der Waals surface area contributed by atoms with E-state index in [0.717, 1.165) is 31.6 Å². The number of hydrogen-bond donors (Lipinski definition) is 1. The molecule has 1 amide bonds. The highest BCUT2D eigenvalue weighted by molar-refractivity contribution is 7.16. The number of anilines is 1. The van der Waals surface area contributed by atoms with E-state index in [1.165, 1.54) is 10.4 Å². The van der Waals surface area contributed by atoms with Crippen molar-refractivity contribution in [2.75, 3.05) is 11.9 Å². The molecule has 1 aromatic carbocycles. The van der Waals surface area contributed by atoms with Crippen LogP contribution in [0.4, 0.5) is 5.00 Å². The number of carbonyl (C=O) groups excluding carboxylic acids is 1. The molecule has 26 heavy (non-hydrogen) atoms. The number of thiophene rings is 1. The lowest BCUT2D eigenvalue weighted by Gasteiger charge is -2.26. The third-order valence-corrected chi connectivity index (χ3v) is 5.54. The predicted octanol–water partition coefficient (Wildman–Crippen LogP) is 1.17. The van der Waals surface area contributed by atoms with Gasteiger partial charge in [-0.1, -0.05) is 51.1 Å². The lowest BCUT2D eigenvalue weighted by atomic mass is 9.95. The minimum Gasteiger partial charge on any atom is -1.00 e. The molecule has 138 valence electrons. The van der Waals surface area contributed by atoms with Gasteiger partial charge in [0.1, 0.15) is 11.1 Å². The summed E-state index contributed by atoms with van der Waals surface area (Å²) in [5.41, 5.74) is 2.58. The molecular formula is C20H23ClN3OS-. The molecule has 0 unspecified atom stereocenters. The van der Waals surface area contributed by atoms with Crippen molar-refractivity contribution >= 4 is 22.2 Å². The van der Waals surface area contributed by atoms with E-state index in [2.05, 4.69) is 40.6 Å². The van der Waals surface area contributed by atoms with E-state index in [-0.39, 0.29) is 18.3 Å². The van der Waals surface area contributed by atoms with Crippen LogP contribution in [0.3, 0.4) is 0 Å². The van der Waals surface area contributed by atoms with Gasteiger partial charge in [-0.2, -0.15) is 5.26 Å². The van der Waals surface area contributed by atoms with Crippen molar-refractivity contribution in [1.29, 1.82) is 5.26 Å². The van der Waals surface area contributed by atoms with Crippen molar-refractivity contribution in [1.82, 2.24) is 4.90 Å². The fourth-order valence-electron chi connectivity index (χ4n) is 2.93. The SMILES string of the molecule is CC(C)(C)C(=O)Nc1sc2c(c1C#N)CCN(Cc1ccccc1)C2.[Cl-]. The molecule has 0 saturated heterocycles. The monoisotopic (exact) mass is 388 g/mol. The van der Waals surface area contributed by atoms with Crippen molar-refractivity contribution in [2.45, 2.75) is 40.3 Å². The summed E-state index contributed by atoms with van der Waals surface area (Å²) < 4.78 is 0. The van der Waals surface area contributed by atoms with Gasteiger partial charge in [0.2, 0.25) is 5.91 Å². The largest absolute Gasteiger partial charge is 1.00 e. The van der Waals surface area contributed by atoms with Crippen LogP contribution in [0.2, 0.25) is 0 Å². The van der Waals surface area contributed by atoms with Crippen molar-refractivity contribution in [3.05, 3.63) is 51.9 Å². The van der Waals surface area contributed by atoms with Gasteiger partial charge in [-0.25, -0.2) is 0 Å². The molecule has 0 radical (unpaired) electrons. The molecule has 0 bridgehead atoms. The Morgan fingerprint density at radius 1 is 1.31 bits per heavy atom. The van der Waals surface area contributed by atoms with Crippen LogP contribution < -0.4 is 17.7 Å². The molecule has 1 aromatic heterocycles. The second-order valence-electron chi connectivity index (χ2n) is 7.47. The van der Waals surface area contributed by atoms with Gasteiger partial charge in [-0.05, 0) is 17.5 Å². The van der Waals surface area contributed by atoms with E-state index in [1.54, 1.807) is 11.3 Å². The van der Waals surface area contributed by atoms with Crippen LogP contribution in [-0.4, -0.2) is 17.4 Å². The Bertz CT molecular complexity index is 818. The maximum absolute atomic E-state index is 12.3. The quantitative estimate of drug-likeness (QED) is 0.858. The molecule has 0 fully saturated rings. The van der Waals surface area contributed by atoms with Crippen LogP contribution in [-0.2, 0) is 24.3 Å². The molecule has 0 saturated carbocycles. The lowest BCUT2D eigenvalue weighted by Crippen LogP contribution is -3.00. The Balaban J connectivity index is 0.00000243. The average molecular weight is 389 g/mol. The zero-order chi connectivity index (χ0) is 18.0. The van der Waals surface area contributed by atoms with E-state index < -0.39 is 5.41 Å². The van der Waals surface area contributed by atoms with E-state index in [4.69, 9.17) is 0 Å². The smallest absolute Gasteiger partial charge is 0.230 e. The van der Waals surface area contributed by atoms with E-state index in [0.29, 0.717) is 10.6 Å². The first-order chi connectivity index (χ1) is 11.9. The van der Waals surface area contributed by atoms with Crippen molar-refractivity contribution in [2.24, 2.45) is 5.41 Å². The topological polar surface area (TPSA) is 56.1 Å². The normalized spacial score (nSPS) is 14.1. The van der Waals surface area contributed by atoms with Crippen LogP contribution in [0.25, 0.3) is 0 Å². The summed E-state index contributed by atoms with van der Waals surface area (Å²) in [4.78, 5) is 15.9. The number of halogens is 1. The number of nitriles is 1. The van der Waals surface area contributed by atoms with Gasteiger partial charge in [0.05, 0.1) is 5.56 Å². The highest BCUT2D eigenvalue weighted by Crippen LogP contribution is 2.37. The first-order valence-electron chi connectivity index (χ1n) is 8.51. The zero-order valence-corrected chi connectivity index (χ0v) is 16.9. The second-order valence-corrected chi connectivity index (χ2v) is 8.58. The highest BCUT2D eigenvalue weighted by atomic mass is 35.5. The molecule has 0 aliphatic carbocycles. The number of hydrogen-bond acceptors (Lipinski definition) is 4. The molecule has 0 spiro atoms. The summed E-state index contributed by atoms with van der Waals surface area (Å²) >= 11 is 1.55. The molecule has 6 heteroatoms. The summed E-state index contributed by atoms with van der Waals surface area (Å²) in [6.07, 6.45) is 0.854. The first-order valence-corrected chi connectivity index (χ1v) is 9.32. The number of nitrogens with one attached hydrogen (secondary N) is 1. The van der Waals surface area contributed by atoms with Crippen LogP contribution in [0.1, 0.15) is 42.3 Å². The van der Waals surface area contributed by atoms with Gasteiger partial charge in [-0.15, -0.1) is 11.3 Å². The van der Waals surface area contributed by atoms with Crippen molar-refractivity contribution in [3.63, 3.8) is 0 Å². The Morgan fingerprint density at radius 2 is 2.00 bits per heavy atom. The van der Waals surface area contributed by atoms with Gasteiger partial charge < -0.3 is 17.7 Å². The van der Waals surface area contributed by atoms with E-state index in [9.17, 15) is 10.1 Å². The molecule has 2 heterocycles. The van der Waals surface area contributed by atoms with Crippen molar-refractivity contribution in [3.8, 4) is 6.07 Å². The summed E-state index contributed by atoms with van der Waals surface area (Å²) in [5, 5.41) is 13.2. The average Bonchev–Trinajstić information content (AvgIpc) is 2.91. The standard InChI is InChI=1S/C20H23N3OS.ClH/c1-20(2,3)19(24)22-18-16(11-21)15-9-10-23(13-17(15)25-18)12-14-7-5-4-6-8-14;/h4-8H,9-10,12-13H2,1-3H3,(H,22,24);1H/p-1. The zero-order valence-electron chi connectivity index (χ0n) is 15.3. The molecular weight excluding hydrogens is 366 g/mol. The maximum atomic E-state index is 12.3. The predicted molar refractivity (Wildman–Crippen MR) is 101 cm³/mol. The summed E-state index contributed by atoms with van der Waals surface area (Å²) in [6.45, 7) is 8.30. The number of carbonyl (C=O) groups is 1. The third-order valence-electron chi connectivity index (χ3n) is 4.40. The van der Waals surface area contributed by atoms with Gasteiger partial charge in [0.25, 0.3) is 0 Å². The number of fused-ring (bicyclic) bond motifs is 1. The Morgan fingerprint density at radius 3 is 2.62 bits per heavy atom. The van der Waals surface area contributed by atoms with Crippen LogP contribution in [0.15, 0.2) is 30.3 Å². The Kier molecular flexibility index (Phi) is 6.46. The minimum absolute atomic E-state index is 0. The molecule has 1 aliphatic heterocycles. The number of benzene rings is 1. The lowest BCUT2D eigenvalue weighted by molar-refractivity contribution is -0.123. The van der Waals surface area contributed by atoms with Crippen LogP contribution in [0.5, 0.6) is 0 Å². The fourth-order valence-corrected chi connectivity index (χ4v) is 4.17. The van der Waals surface area contributed by atoms with Crippen LogP contribution in [0, 0.1) is 16.7 Å². The second kappa shape index (κ2) is 8.22. The number of nitrogens with zero attached hydrogens (tertiary/aromatic N) is 2. The van der Waals surface area contributed by atoms with Gasteiger partial charge in [-0.3, -0.25) is 9.69 Å². The number of rotatable bonds is 3. The van der Waals surface area contributed by atoms with E-state index >= 15 is 0 Å². The molecule has 1 aliphatic rings. The Hall–Kier alpha value is -1.87.